The van der Waals surface area contributed by atoms with Crippen LogP contribution < -0.4 is 10.6 Å². The summed E-state index contributed by atoms with van der Waals surface area (Å²) in [6, 6.07) is 17.3. The second-order valence-corrected chi connectivity index (χ2v) is 8.06. The minimum absolute atomic E-state index is 0.0236. The number of nitrogens with zero attached hydrogens (tertiary/aromatic N) is 4. The number of piperazine rings is 1. The third-order valence-electron chi connectivity index (χ3n) is 5.56. The minimum Gasteiger partial charge on any atom is -0.339 e. The van der Waals surface area contributed by atoms with Crippen molar-refractivity contribution in [2.24, 2.45) is 0 Å². The number of urea groups is 1. The van der Waals surface area contributed by atoms with Gasteiger partial charge in [0.15, 0.2) is 0 Å². The first-order valence-corrected chi connectivity index (χ1v) is 11.0. The molecule has 9 nitrogen and oxygen atoms in total. The molecule has 0 radical (unpaired) electrons. The number of aromatic nitrogens is 2. The second kappa shape index (κ2) is 10.7. The van der Waals surface area contributed by atoms with Crippen LogP contribution in [0.25, 0.3) is 11.4 Å². The van der Waals surface area contributed by atoms with Crippen LogP contribution in [0, 0.1) is 6.92 Å². The molecule has 0 saturated carbocycles. The minimum atomic E-state index is -0.355. The lowest BCUT2D eigenvalue weighted by atomic mass is 10.1. The van der Waals surface area contributed by atoms with Gasteiger partial charge in [-0.2, -0.15) is 4.98 Å². The van der Waals surface area contributed by atoms with E-state index >= 15 is 0 Å². The number of rotatable bonds is 7. The molecule has 9 heteroatoms. The lowest BCUT2D eigenvalue weighted by molar-refractivity contribution is -0.131. The molecule has 1 saturated heterocycles. The van der Waals surface area contributed by atoms with E-state index in [1.165, 1.54) is 5.56 Å². The van der Waals surface area contributed by atoms with Gasteiger partial charge >= 0.3 is 6.03 Å². The fourth-order valence-corrected chi connectivity index (χ4v) is 3.59. The summed E-state index contributed by atoms with van der Waals surface area (Å²) in [5.74, 6) is 1.04. The van der Waals surface area contributed by atoms with Gasteiger partial charge in [-0.15, -0.1) is 0 Å². The number of carbonyl (C=O) groups excluding carboxylic acids is 2. The zero-order valence-corrected chi connectivity index (χ0v) is 18.7. The number of benzene rings is 2. The lowest BCUT2D eigenvalue weighted by Crippen LogP contribution is -2.51. The molecule has 0 atom stereocenters. The maximum atomic E-state index is 12.4. The van der Waals surface area contributed by atoms with Crippen molar-refractivity contribution >= 4 is 11.9 Å². The van der Waals surface area contributed by atoms with Crippen molar-refractivity contribution in [2.45, 2.75) is 20.0 Å². The van der Waals surface area contributed by atoms with Gasteiger partial charge in [0.1, 0.15) is 0 Å². The lowest BCUT2D eigenvalue weighted by Gasteiger charge is -2.34. The fourth-order valence-electron chi connectivity index (χ4n) is 3.59. The van der Waals surface area contributed by atoms with Crippen molar-refractivity contribution in [3.63, 3.8) is 0 Å². The Morgan fingerprint density at radius 3 is 2.42 bits per heavy atom. The van der Waals surface area contributed by atoms with Crippen molar-refractivity contribution in [2.75, 3.05) is 32.7 Å². The molecule has 3 aromatic rings. The zero-order valence-electron chi connectivity index (χ0n) is 18.7. The van der Waals surface area contributed by atoms with Gasteiger partial charge in [0.25, 0.3) is 0 Å². The molecule has 1 fully saturated rings. The standard InChI is InChI=1S/C24H28N6O3/c1-18-7-9-20(10-8-18)23-27-21(33-28-23)17-29-11-13-30(14-12-29)22(31)16-26-24(32)25-15-19-5-3-2-4-6-19/h2-10H,11-17H2,1H3,(H2,25,26,32). The van der Waals surface area contributed by atoms with Crippen LogP contribution in [0.5, 0.6) is 0 Å². The Morgan fingerprint density at radius 2 is 1.70 bits per heavy atom. The molecular formula is C24H28N6O3. The Kier molecular flexibility index (Phi) is 7.31. The summed E-state index contributed by atoms with van der Waals surface area (Å²) in [6.07, 6.45) is 0. The van der Waals surface area contributed by atoms with Gasteiger partial charge in [-0.25, -0.2) is 4.79 Å². The number of hydrogen-bond acceptors (Lipinski definition) is 6. The molecule has 4 rings (SSSR count). The predicted octanol–water partition coefficient (Wildman–Crippen LogP) is 2.19. The van der Waals surface area contributed by atoms with Gasteiger partial charge in [-0.05, 0) is 12.5 Å². The molecule has 2 aromatic carbocycles. The molecule has 0 bridgehead atoms. The first-order chi connectivity index (χ1) is 16.1. The smallest absolute Gasteiger partial charge is 0.315 e. The molecule has 0 unspecified atom stereocenters. The first kappa shape index (κ1) is 22.5. The topological polar surface area (TPSA) is 104 Å². The molecule has 1 aliphatic rings. The van der Waals surface area contributed by atoms with Crippen LogP contribution in [0.1, 0.15) is 17.0 Å². The molecular weight excluding hydrogens is 420 g/mol. The Hall–Kier alpha value is -3.72. The maximum Gasteiger partial charge on any atom is 0.315 e. The van der Waals surface area contributed by atoms with Gasteiger partial charge in [0.2, 0.25) is 17.6 Å². The summed E-state index contributed by atoms with van der Waals surface area (Å²) in [6.45, 7) is 5.55. The monoisotopic (exact) mass is 448 g/mol. The maximum absolute atomic E-state index is 12.4. The number of amides is 3. The summed E-state index contributed by atoms with van der Waals surface area (Å²) in [4.78, 5) is 32.8. The van der Waals surface area contributed by atoms with Crippen molar-refractivity contribution in [1.82, 2.24) is 30.6 Å². The van der Waals surface area contributed by atoms with Crippen LogP contribution in [0.15, 0.2) is 59.1 Å². The summed E-state index contributed by atoms with van der Waals surface area (Å²) in [5.41, 5.74) is 3.10. The highest BCUT2D eigenvalue weighted by Gasteiger charge is 2.23. The van der Waals surface area contributed by atoms with E-state index in [0.717, 1.165) is 11.1 Å². The third-order valence-corrected chi connectivity index (χ3v) is 5.56. The van der Waals surface area contributed by atoms with Gasteiger partial charge in [0.05, 0.1) is 13.1 Å². The molecule has 1 aromatic heterocycles. The molecule has 172 valence electrons. The highest BCUT2D eigenvalue weighted by molar-refractivity contribution is 5.84. The zero-order chi connectivity index (χ0) is 23.0. The van der Waals surface area contributed by atoms with Crippen LogP contribution in [-0.4, -0.2) is 64.6 Å². The number of nitrogens with one attached hydrogen (secondary N) is 2. The van der Waals surface area contributed by atoms with Crippen LogP contribution in [0.4, 0.5) is 4.79 Å². The second-order valence-electron chi connectivity index (χ2n) is 8.06. The largest absolute Gasteiger partial charge is 0.339 e. The van der Waals surface area contributed by atoms with Crippen molar-refractivity contribution < 1.29 is 14.1 Å². The third kappa shape index (κ3) is 6.39. The van der Waals surface area contributed by atoms with E-state index in [9.17, 15) is 9.59 Å². The van der Waals surface area contributed by atoms with Gasteiger partial charge < -0.3 is 20.1 Å². The predicted molar refractivity (Wildman–Crippen MR) is 123 cm³/mol. The molecule has 2 N–H and O–H groups in total. The Balaban J connectivity index is 1.17. The van der Waals surface area contributed by atoms with Gasteiger partial charge in [0, 0.05) is 38.3 Å². The van der Waals surface area contributed by atoms with E-state index in [1.807, 2.05) is 61.5 Å². The normalized spacial score (nSPS) is 14.2. The summed E-state index contributed by atoms with van der Waals surface area (Å²) < 4.78 is 5.41. The van der Waals surface area contributed by atoms with Crippen molar-refractivity contribution in [3.05, 3.63) is 71.6 Å². The Bertz CT molecular complexity index is 1060. The number of aryl methyl sites for hydroxylation is 1. The van der Waals surface area contributed by atoms with Crippen LogP contribution in [0.3, 0.4) is 0 Å². The molecule has 2 heterocycles. The van der Waals surface area contributed by atoms with E-state index in [0.29, 0.717) is 51.0 Å². The average Bonchev–Trinajstić information content (AvgIpc) is 3.31. The van der Waals surface area contributed by atoms with E-state index < -0.39 is 0 Å². The van der Waals surface area contributed by atoms with Gasteiger partial charge in [-0.1, -0.05) is 65.3 Å². The van der Waals surface area contributed by atoms with Gasteiger partial charge in [-0.3, -0.25) is 9.69 Å². The molecule has 3 amide bonds. The SMILES string of the molecule is Cc1ccc(-c2noc(CN3CCN(C(=O)CNC(=O)NCc4ccccc4)CC3)n2)cc1. The van der Waals surface area contributed by atoms with Crippen LogP contribution >= 0.6 is 0 Å². The Morgan fingerprint density at radius 1 is 0.970 bits per heavy atom. The van der Waals surface area contributed by atoms with Crippen molar-refractivity contribution in [3.8, 4) is 11.4 Å². The Labute approximate surface area is 192 Å². The number of carbonyl (C=O) groups is 2. The molecule has 0 spiro atoms. The van der Waals surface area contributed by atoms with E-state index in [-0.39, 0.29) is 18.5 Å². The first-order valence-electron chi connectivity index (χ1n) is 11.0. The summed E-state index contributed by atoms with van der Waals surface area (Å²) in [5, 5.41) is 9.47. The highest BCUT2D eigenvalue weighted by atomic mass is 16.5. The fraction of sp³-hybridized carbons (Fsp3) is 0.333. The van der Waals surface area contributed by atoms with E-state index in [1.54, 1.807) is 4.90 Å². The quantitative estimate of drug-likeness (QED) is 0.574. The van der Waals surface area contributed by atoms with Crippen LogP contribution in [0.2, 0.25) is 0 Å². The average molecular weight is 449 g/mol. The van der Waals surface area contributed by atoms with Crippen molar-refractivity contribution in [1.29, 1.82) is 0 Å². The summed E-state index contributed by atoms with van der Waals surface area (Å²) in [7, 11) is 0. The van der Waals surface area contributed by atoms with E-state index in [2.05, 4.69) is 25.7 Å². The molecule has 0 aliphatic carbocycles. The number of hydrogen-bond donors (Lipinski definition) is 2. The molecule has 33 heavy (non-hydrogen) atoms. The summed E-state index contributed by atoms with van der Waals surface area (Å²) >= 11 is 0. The molecule has 1 aliphatic heterocycles. The highest BCUT2D eigenvalue weighted by Crippen LogP contribution is 2.17. The van der Waals surface area contributed by atoms with Crippen LogP contribution in [-0.2, 0) is 17.9 Å². The van der Waals surface area contributed by atoms with E-state index in [4.69, 9.17) is 4.52 Å².